The molecule has 1 saturated heterocycles. The maximum Gasteiger partial charge on any atom is 0.223 e. The molecule has 150 valence electrons. The van der Waals surface area contributed by atoms with Crippen molar-refractivity contribution < 1.29 is 9.18 Å². The fourth-order valence-electron chi connectivity index (χ4n) is 3.93. The van der Waals surface area contributed by atoms with Crippen LogP contribution in [-0.4, -0.2) is 23.9 Å². The summed E-state index contributed by atoms with van der Waals surface area (Å²) in [5.41, 5.74) is 2.30. The van der Waals surface area contributed by atoms with E-state index in [-0.39, 0.29) is 23.7 Å². The molecule has 4 heteroatoms. The van der Waals surface area contributed by atoms with Crippen molar-refractivity contribution in [3.05, 3.63) is 71.5 Å². The molecule has 1 unspecified atom stereocenters. The zero-order valence-corrected chi connectivity index (χ0v) is 16.9. The Bertz CT molecular complexity index is 737. The Morgan fingerprint density at radius 3 is 2.32 bits per heavy atom. The van der Waals surface area contributed by atoms with Gasteiger partial charge in [0.05, 0.1) is 6.04 Å². The lowest BCUT2D eigenvalue weighted by Crippen LogP contribution is -2.41. The van der Waals surface area contributed by atoms with Crippen LogP contribution in [0.15, 0.2) is 54.6 Å². The van der Waals surface area contributed by atoms with E-state index in [2.05, 4.69) is 36.2 Å². The minimum atomic E-state index is -0.200. The smallest absolute Gasteiger partial charge is 0.223 e. The highest BCUT2D eigenvalue weighted by Crippen LogP contribution is 2.24. The number of hydrogen-bond acceptors (Lipinski definition) is 2. The van der Waals surface area contributed by atoms with Crippen LogP contribution in [0, 0.1) is 17.7 Å². The van der Waals surface area contributed by atoms with Crippen LogP contribution in [0.5, 0.6) is 0 Å². The molecule has 1 atom stereocenters. The first kappa shape index (κ1) is 20.5. The standard InChI is InChI=1S/C24H31FN2O/c1-18(2)16-23(20-6-4-3-5-7-20)26-24(28)21-12-14-27(15-13-21)17-19-8-10-22(25)11-9-19/h3-11,18,21,23H,12-17H2,1-2H3,(H,26,28). The fourth-order valence-corrected chi connectivity index (χ4v) is 3.93. The molecule has 1 heterocycles. The number of likely N-dealkylation sites (tertiary alicyclic amines) is 1. The first-order valence-electron chi connectivity index (χ1n) is 10.3. The van der Waals surface area contributed by atoms with Crippen molar-refractivity contribution >= 4 is 5.91 Å². The number of piperidine rings is 1. The SMILES string of the molecule is CC(C)CC(NC(=O)C1CCN(Cc2ccc(F)cc2)CC1)c1ccccc1. The number of amides is 1. The Kier molecular flexibility index (Phi) is 7.21. The largest absolute Gasteiger partial charge is 0.349 e. The van der Waals surface area contributed by atoms with Crippen molar-refractivity contribution in [1.82, 2.24) is 10.2 Å². The Balaban J connectivity index is 1.52. The van der Waals surface area contributed by atoms with Gasteiger partial charge in [0.15, 0.2) is 0 Å². The zero-order valence-electron chi connectivity index (χ0n) is 16.9. The van der Waals surface area contributed by atoms with Crippen LogP contribution in [0.4, 0.5) is 4.39 Å². The Morgan fingerprint density at radius 1 is 1.07 bits per heavy atom. The maximum atomic E-state index is 13.1. The minimum absolute atomic E-state index is 0.0721. The van der Waals surface area contributed by atoms with Gasteiger partial charge in [-0.1, -0.05) is 56.3 Å². The molecule has 28 heavy (non-hydrogen) atoms. The summed E-state index contributed by atoms with van der Waals surface area (Å²) in [6.07, 6.45) is 2.69. The van der Waals surface area contributed by atoms with E-state index < -0.39 is 0 Å². The number of nitrogens with zero attached hydrogens (tertiary/aromatic N) is 1. The third kappa shape index (κ3) is 5.90. The van der Waals surface area contributed by atoms with Crippen LogP contribution in [0.25, 0.3) is 0 Å². The van der Waals surface area contributed by atoms with Gasteiger partial charge in [0.2, 0.25) is 5.91 Å². The molecule has 1 aliphatic heterocycles. The summed E-state index contributed by atoms with van der Waals surface area (Å²) in [4.78, 5) is 15.2. The van der Waals surface area contributed by atoms with E-state index in [1.54, 1.807) is 0 Å². The molecule has 1 amide bonds. The highest BCUT2D eigenvalue weighted by Gasteiger charge is 2.27. The highest BCUT2D eigenvalue weighted by molar-refractivity contribution is 5.79. The average molecular weight is 383 g/mol. The molecule has 2 aromatic rings. The summed E-state index contributed by atoms with van der Waals surface area (Å²) in [5, 5.41) is 3.31. The predicted molar refractivity (Wildman–Crippen MR) is 111 cm³/mol. The van der Waals surface area contributed by atoms with Gasteiger partial charge in [-0.2, -0.15) is 0 Å². The van der Waals surface area contributed by atoms with Crippen molar-refractivity contribution in [2.45, 2.75) is 45.7 Å². The summed E-state index contributed by atoms with van der Waals surface area (Å²) in [6.45, 7) is 6.99. The predicted octanol–water partition coefficient (Wildman–Crippen LogP) is 4.94. The maximum absolute atomic E-state index is 13.1. The van der Waals surface area contributed by atoms with Gasteiger partial charge in [-0.3, -0.25) is 9.69 Å². The quantitative estimate of drug-likeness (QED) is 0.735. The molecule has 0 radical (unpaired) electrons. The van der Waals surface area contributed by atoms with Crippen LogP contribution in [0.1, 0.15) is 50.3 Å². The number of hydrogen-bond donors (Lipinski definition) is 1. The lowest BCUT2D eigenvalue weighted by molar-refractivity contribution is -0.127. The number of nitrogens with one attached hydrogen (secondary N) is 1. The molecule has 2 aromatic carbocycles. The number of carbonyl (C=O) groups excluding carboxylic acids is 1. The van der Waals surface area contributed by atoms with Crippen LogP contribution >= 0.6 is 0 Å². The van der Waals surface area contributed by atoms with Crippen LogP contribution in [-0.2, 0) is 11.3 Å². The second-order valence-electron chi connectivity index (χ2n) is 8.28. The molecule has 3 nitrogen and oxygen atoms in total. The molecule has 1 aliphatic rings. The van der Waals surface area contributed by atoms with Crippen molar-refractivity contribution in [3.63, 3.8) is 0 Å². The van der Waals surface area contributed by atoms with Gasteiger partial charge >= 0.3 is 0 Å². The van der Waals surface area contributed by atoms with Gasteiger partial charge < -0.3 is 5.32 Å². The second kappa shape index (κ2) is 9.83. The fraction of sp³-hybridized carbons (Fsp3) is 0.458. The van der Waals surface area contributed by atoms with E-state index in [0.717, 1.165) is 44.5 Å². The number of benzene rings is 2. The minimum Gasteiger partial charge on any atom is -0.349 e. The van der Waals surface area contributed by atoms with E-state index in [0.29, 0.717) is 5.92 Å². The number of halogens is 1. The summed E-state index contributed by atoms with van der Waals surface area (Å²) < 4.78 is 13.1. The Labute approximate surface area is 167 Å². The van der Waals surface area contributed by atoms with E-state index >= 15 is 0 Å². The average Bonchev–Trinajstić information content (AvgIpc) is 2.70. The van der Waals surface area contributed by atoms with Gasteiger partial charge in [-0.15, -0.1) is 0 Å². The van der Waals surface area contributed by atoms with E-state index in [1.807, 2.05) is 30.3 Å². The zero-order chi connectivity index (χ0) is 19.9. The summed E-state index contributed by atoms with van der Waals surface area (Å²) in [5.74, 6) is 0.565. The topological polar surface area (TPSA) is 32.3 Å². The first-order valence-corrected chi connectivity index (χ1v) is 10.3. The summed E-state index contributed by atoms with van der Waals surface area (Å²) >= 11 is 0. The van der Waals surface area contributed by atoms with Crippen molar-refractivity contribution in [2.24, 2.45) is 11.8 Å². The van der Waals surface area contributed by atoms with Gasteiger partial charge in [-0.05, 0) is 61.5 Å². The van der Waals surface area contributed by atoms with Crippen LogP contribution in [0.3, 0.4) is 0 Å². The molecular formula is C24H31FN2O. The van der Waals surface area contributed by atoms with Gasteiger partial charge in [0.25, 0.3) is 0 Å². The van der Waals surface area contributed by atoms with Gasteiger partial charge in [0.1, 0.15) is 5.82 Å². The van der Waals surface area contributed by atoms with Gasteiger partial charge in [-0.25, -0.2) is 4.39 Å². The second-order valence-corrected chi connectivity index (χ2v) is 8.28. The monoisotopic (exact) mass is 382 g/mol. The normalized spacial score (nSPS) is 16.9. The lowest BCUT2D eigenvalue weighted by atomic mass is 9.93. The Morgan fingerprint density at radius 2 is 1.71 bits per heavy atom. The third-order valence-corrected chi connectivity index (χ3v) is 5.50. The van der Waals surface area contributed by atoms with Crippen LogP contribution < -0.4 is 5.32 Å². The molecular weight excluding hydrogens is 351 g/mol. The van der Waals surface area contributed by atoms with Crippen molar-refractivity contribution in [2.75, 3.05) is 13.1 Å². The molecule has 0 aliphatic carbocycles. The third-order valence-electron chi connectivity index (χ3n) is 5.50. The van der Waals surface area contributed by atoms with E-state index in [4.69, 9.17) is 0 Å². The number of rotatable bonds is 7. The molecule has 0 saturated carbocycles. The van der Waals surface area contributed by atoms with E-state index in [9.17, 15) is 9.18 Å². The molecule has 0 spiro atoms. The summed E-state index contributed by atoms with van der Waals surface area (Å²) in [7, 11) is 0. The molecule has 0 aromatic heterocycles. The summed E-state index contributed by atoms with van der Waals surface area (Å²) in [6, 6.07) is 17.0. The van der Waals surface area contributed by atoms with Gasteiger partial charge in [0, 0.05) is 12.5 Å². The van der Waals surface area contributed by atoms with Crippen molar-refractivity contribution in [3.8, 4) is 0 Å². The van der Waals surface area contributed by atoms with Crippen molar-refractivity contribution in [1.29, 1.82) is 0 Å². The Hall–Kier alpha value is -2.20. The lowest BCUT2D eigenvalue weighted by Gasteiger charge is -2.32. The molecule has 0 bridgehead atoms. The molecule has 1 fully saturated rings. The first-order chi connectivity index (χ1) is 13.5. The molecule has 3 rings (SSSR count). The van der Waals surface area contributed by atoms with Crippen LogP contribution in [0.2, 0.25) is 0 Å². The number of carbonyl (C=O) groups is 1. The van der Waals surface area contributed by atoms with E-state index in [1.165, 1.54) is 17.7 Å². The highest BCUT2D eigenvalue weighted by atomic mass is 19.1. The molecule has 1 N–H and O–H groups in total.